The summed E-state index contributed by atoms with van der Waals surface area (Å²) in [4.78, 5) is 30.4. The van der Waals surface area contributed by atoms with E-state index < -0.39 is 17.7 Å². The third-order valence-electron chi connectivity index (χ3n) is 6.79. The highest BCUT2D eigenvalue weighted by molar-refractivity contribution is 6.46. The van der Waals surface area contributed by atoms with Crippen molar-refractivity contribution in [2.45, 2.75) is 46.6 Å². The van der Waals surface area contributed by atoms with Crippen LogP contribution >= 0.6 is 0 Å². The van der Waals surface area contributed by atoms with Crippen LogP contribution in [0.3, 0.4) is 0 Å². The van der Waals surface area contributed by atoms with Crippen LogP contribution in [0.5, 0.6) is 17.2 Å². The van der Waals surface area contributed by atoms with Gasteiger partial charge in [0.2, 0.25) is 0 Å². The van der Waals surface area contributed by atoms with Crippen molar-refractivity contribution in [1.29, 1.82) is 0 Å². The number of aliphatic hydroxyl groups is 1. The van der Waals surface area contributed by atoms with Crippen molar-refractivity contribution in [2.75, 3.05) is 46.5 Å². The third-order valence-corrected chi connectivity index (χ3v) is 6.79. The van der Waals surface area contributed by atoms with Crippen molar-refractivity contribution in [3.05, 3.63) is 59.2 Å². The predicted molar refractivity (Wildman–Crippen MR) is 148 cm³/mol. The first-order valence-corrected chi connectivity index (χ1v) is 13.4. The van der Waals surface area contributed by atoms with E-state index in [4.69, 9.17) is 14.2 Å². The Bertz CT molecular complexity index is 1120. The minimum absolute atomic E-state index is 0.0559. The molecule has 2 aromatic rings. The Kier molecular flexibility index (Phi) is 10.6. The van der Waals surface area contributed by atoms with Gasteiger partial charge in [0.15, 0.2) is 11.5 Å². The molecule has 2 aromatic carbocycles. The van der Waals surface area contributed by atoms with Crippen LogP contribution in [-0.4, -0.2) is 73.1 Å². The number of ether oxygens (including phenoxy) is 3. The van der Waals surface area contributed by atoms with Crippen molar-refractivity contribution in [3.8, 4) is 17.2 Å². The first-order valence-electron chi connectivity index (χ1n) is 13.4. The summed E-state index contributed by atoms with van der Waals surface area (Å²) in [5.41, 5.74) is 1.16. The van der Waals surface area contributed by atoms with Crippen LogP contribution in [0.2, 0.25) is 0 Å². The number of aliphatic hydroxyl groups excluding tert-OH is 1. The van der Waals surface area contributed by atoms with Crippen molar-refractivity contribution >= 4 is 17.4 Å². The lowest BCUT2D eigenvalue weighted by molar-refractivity contribution is -0.140. The summed E-state index contributed by atoms with van der Waals surface area (Å²) in [6.07, 6.45) is 1.92. The number of hydrogen-bond acceptors (Lipinski definition) is 7. The predicted octanol–water partition coefficient (Wildman–Crippen LogP) is 5.04. The number of hydrogen-bond donors (Lipinski definition) is 1. The number of nitrogens with zero attached hydrogens (tertiary/aromatic N) is 2. The molecule has 1 saturated heterocycles. The van der Waals surface area contributed by atoms with E-state index >= 15 is 0 Å². The van der Waals surface area contributed by atoms with Gasteiger partial charge in [-0.25, -0.2) is 0 Å². The fraction of sp³-hybridized carbons (Fsp3) is 0.467. The van der Waals surface area contributed by atoms with E-state index in [0.29, 0.717) is 54.7 Å². The number of likely N-dealkylation sites (tertiary alicyclic amines) is 1. The molecule has 1 amide bonds. The molecule has 1 atom stereocenters. The monoisotopic (exact) mass is 524 g/mol. The Hall–Kier alpha value is -3.52. The van der Waals surface area contributed by atoms with Gasteiger partial charge in [-0.05, 0) is 68.4 Å². The van der Waals surface area contributed by atoms with Crippen molar-refractivity contribution < 1.29 is 28.9 Å². The summed E-state index contributed by atoms with van der Waals surface area (Å²) in [5, 5.41) is 11.3. The van der Waals surface area contributed by atoms with Gasteiger partial charge in [0.25, 0.3) is 11.7 Å². The molecule has 206 valence electrons. The van der Waals surface area contributed by atoms with Gasteiger partial charge in [-0.15, -0.1) is 0 Å². The zero-order valence-electron chi connectivity index (χ0n) is 23.2. The first kappa shape index (κ1) is 29.0. The van der Waals surface area contributed by atoms with E-state index in [-0.39, 0.29) is 11.3 Å². The molecule has 1 unspecified atom stereocenters. The zero-order chi connectivity index (χ0) is 27.7. The molecule has 0 saturated carbocycles. The Morgan fingerprint density at radius 2 is 1.68 bits per heavy atom. The van der Waals surface area contributed by atoms with Gasteiger partial charge >= 0.3 is 0 Å². The lowest BCUT2D eigenvalue weighted by atomic mass is 9.95. The normalized spacial score (nSPS) is 16.8. The molecule has 0 aromatic heterocycles. The number of ketones is 1. The Labute approximate surface area is 225 Å². The maximum Gasteiger partial charge on any atom is 0.295 e. The van der Waals surface area contributed by atoms with E-state index in [1.165, 1.54) is 0 Å². The van der Waals surface area contributed by atoms with Crippen molar-refractivity contribution in [3.63, 3.8) is 0 Å². The number of rotatable bonds is 14. The largest absolute Gasteiger partial charge is 0.507 e. The fourth-order valence-electron chi connectivity index (χ4n) is 4.58. The van der Waals surface area contributed by atoms with Crippen molar-refractivity contribution in [2.24, 2.45) is 0 Å². The second-order valence-corrected chi connectivity index (χ2v) is 9.09. The number of Topliss-reactive ketones (excluding diaryl/α,β-unsaturated/α-hetero) is 1. The Balaban J connectivity index is 2.08. The van der Waals surface area contributed by atoms with Gasteiger partial charge < -0.3 is 29.1 Å². The highest BCUT2D eigenvalue weighted by Gasteiger charge is 2.46. The minimum Gasteiger partial charge on any atom is -0.507 e. The fourth-order valence-corrected chi connectivity index (χ4v) is 4.58. The summed E-state index contributed by atoms with van der Waals surface area (Å²) in [6, 6.07) is 11.5. The minimum atomic E-state index is -0.768. The molecule has 8 nitrogen and oxygen atoms in total. The standard InChI is InChI=1S/C30H40N2O6/c1-6-10-19-38-24-16-13-22(20-25(24)36-5)27-26(28(33)21-11-14-23(15-12-21)37-9-4)29(34)30(35)32(27)18-17-31(7-2)8-3/h11-16,20,27,33H,6-10,17-19H2,1-5H3/b28-26+. The summed E-state index contributed by atoms with van der Waals surface area (Å²) in [5.74, 6) is 0.206. The number of carbonyl (C=O) groups excluding carboxylic acids is 2. The van der Waals surface area contributed by atoms with E-state index in [1.807, 2.05) is 13.0 Å². The van der Waals surface area contributed by atoms with Crippen LogP contribution in [-0.2, 0) is 9.59 Å². The van der Waals surface area contributed by atoms with Gasteiger partial charge in [-0.2, -0.15) is 0 Å². The average molecular weight is 525 g/mol. The molecule has 1 N–H and O–H groups in total. The first-order chi connectivity index (χ1) is 18.4. The van der Waals surface area contributed by atoms with E-state index in [1.54, 1.807) is 48.4 Å². The number of methoxy groups -OCH3 is 1. The highest BCUT2D eigenvalue weighted by Crippen LogP contribution is 2.42. The molecule has 1 fully saturated rings. The molecule has 0 bridgehead atoms. The molecule has 1 heterocycles. The summed E-state index contributed by atoms with van der Waals surface area (Å²) < 4.78 is 17.0. The molecule has 0 spiro atoms. The molecule has 0 aliphatic carbocycles. The van der Waals surface area contributed by atoms with Gasteiger partial charge in [0.05, 0.1) is 31.9 Å². The molecule has 8 heteroatoms. The SMILES string of the molecule is CCCCOc1ccc(C2/C(=C(\O)c3ccc(OCC)cc3)C(=O)C(=O)N2CCN(CC)CC)cc1OC. The van der Waals surface area contributed by atoms with Crippen LogP contribution in [0.15, 0.2) is 48.0 Å². The van der Waals surface area contributed by atoms with Crippen LogP contribution in [0.4, 0.5) is 0 Å². The lowest BCUT2D eigenvalue weighted by Gasteiger charge is -2.28. The number of amides is 1. The van der Waals surface area contributed by atoms with Gasteiger partial charge in [0, 0.05) is 18.7 Å². The molecular weight excluding hydrogens is 484 g/mol. The maximum atomic E-state index is 13.4. The molecule has 1 aliphatic heterocycles. The molecule has 0 radical (unpaired) electrons. The highest BCUT2D eigenvalue weighted by atomic mass is 16.5. The van der Waals surface area contributed by atoms with Crippen LogP contribution in [0, 0.1) is 0 Å². The molecule has 1 aliphatic rings. The van der Waals surface area contributed by atoms with E-state index in [2.05, 4.69) is 25.7 Å². The smallest absolute Gasteiger partial charge is 0.295 e. The Morgan fingerprint density at radius 3 is 2.29 bits per heavy atom. The number of likely N-dealkylation sites (N-methyl/N-ethyl adjacent to an activating group) is 1. The second-order valence-electron chi connectivity index (χ2n) is 9.09. The molecular formula is C30H40N2O6. The Morgan fingerprint density at radius 1 is 0.974 bits per heavy atom. The summed E-state index contributed by atoms with van der Waals surface area (Å²) >= 11 is 0. The number of carbonyl (C=O) groups is 2. The molecule has 38 heavy (non-hydrogen) atoms. The quantitative estimate of drug-likeness (QED) is 0.160. The van der Waals surface area contributed by atoms with Crippen molar-refractivity contribution in [1.82, 2.24) is 9.80 Å². The topological polar surface area (TPSA) is 88.5 Å². The summed E-state index contributed by atoms with van der Waals surface area (Å²) in [6.45, 7) is 11.8. The van der Waals surface area contributed by atoms with Crippen LogP contribution in [0.25, 0.3) is 5.76 Å². The maximum absolute atomic E-state index is 13.4. The second kappa shape index (κ2) is 13.9. The number of benzene rings is 2. The van der Waals surface area contributed by atoms with E-state index in [9.17, 15) is 14.7 Å². The van der Waals surface area contributed by atoms with Gasteiger partial charge in [-0.1, -0.05) is 33.3 Å². The number of unbranched alkanes of at least 4 members (excludes halogenated alkanes) is 1. The van der Waals surface area contributed by atoms with Gasteiger partial charge in [0.1, 0.15) is 11.5 Å². The van der Waals surface area contributed by atoms with Crippen LogP contribution < -0.4 is 14.2 Å². The summed E-state index contributed by atoms with van der Waals surface area (Å²) in [7, 11) is 1.56. The van der Waals surface area contributed by atoms with Gasteiger partial charge in [-0.3, -0.25) is 9.59 Å². The zero-order valence-corrected chi connectivity index (χ0v) is 23.2. The average Bonchev–Trinajstić information content (AvgIpc) is 3.19. The third kappa shape index (κ3) is 6.48. The van der Waals surface area contributed by atoms with E-state index in [0.717, 1.165) is 25.9 Å². The van der Waals surface area contributed by atoms with Crippen LogP contribution in [0.1, 0.15) is 57.7 Å². The lowest BCUT2D eigenvalue weighted by Crippen LogP contribution is -2.38. The molecule has 3 rings (SSSR count).